The van der Waals surface area contributed by atoms with Gasteiger partial charge in [-0.1, -0.05) is 107 Å². The Hall–Kier alpha value is 0.310. The molecule has 248 valence electrons. The standard InChI is InChI=1S/2C16H36N.CH4O3S.BrH/c2*1-5-9-13-17(14-10-6-2,15-11-7-3)16-12-8-4;1-5(2,3)4;/h2*5-16H2,1-4H3;1H3,(H,2,3,4);1H/q2*+1;;/p-2. The zero-order valence-electron chi connectivity index (χ0n) is 28.9. The summed E-state index contributed by atoms with van der Waals surface area (Å²) >= 11 is 0. The predicted octanol–water partition coefficient (Wildman–Crippen LogP) is 6.17. The highest BCUT2D eigenvalue weighted by Gasteiger charge is 2.25. The monoisotopic (exact) mass is 658 g/mol. The van der Waals surface area contributed by atoms with Crippen LogP contribution in [0.4, 0.5) is 0 Å². The average Bonchev–Trinajstić information content (AvgIpc) is 2.91. The second kappa shape index (κ2) is 32.2. The molecule has 5 nitrogen and oxygen atoms in total. The Balaban J connectivity index is -0.000000271. The molecular weight excluding hydrogens is 584 g/mol. The van der Waals surface area contributed by atoms with Gasteiger partial charge in [-0.15, -0.1) is 0 Å². The van der Waals surface area contributed by atoms with Gasteiger partial charge in [-0.3, -0.25) is 0 Å². The summed E-state index contributed by atoms with van der Waals surface area (Å²) in [5, 5.41) is 0. The SMILES string of the molecule is CCCC[N+](CCCC)(CCCC)CCCC.CCCC[N+](CCCC)(CCCC)CCCC.CS(=O)(=O)[O-].[Br-]. The van der Waals surface area contributed by atoms with Crippen LogP contribution in [0.5, 0.6) is 0 Å². The molecule has 40 heavy (non-hydrogen) atoms. The van der Waals surface area contributed by atoms with E-state index in [1.54, 1.807) is 0 Å². The van der Waals surface area contributed by atoms with Crippen molar-refractivity contribution in [2.75, 3.05) is 58.6 Å². The highest BCUT2D eigenvalue weighted by Crippen LogP contribution is 2.17. The molecule has 0 aromatic carbocycles. The van der Waals surface area contributed by atoms with Crippen LogP contribution >= 0.6 is 0 Å². The third-order valence-electron chi connectivity index (χ3n) is 7.89. The van der Waals surface area contributed by atoms with Crippen molar-refractivity contribution in [3.8, 4) is 0 Å². The van der Waals surface area contributed by atoms with Gasteiger partial charge in [0.15, 0.2) is 0 Å². The van der Waals surface area contributed by atoms with E-state index < -0.39 is 10.1 Å². The van der Waals surface area contributed by atoms with Crippen LogP contribution in [0.3, 0.4) is 0 Å². The highest BCUT2D eigenvalue weighted by molar-refractivity contribution is 7.84. The molecule has 0 aliphatic rings. The largest absolute Gasteiger partial charge is 1.00 e. The van der Waals surface area contributed by atoms with E-state index >= 15 is 0 Å². The molecule has 0 rings (SSSR count). The first-order valence-electron chi connectivity index (χ1n) is 17.1. The number of halogens is 1. The van der Waals surface area contributed by atoms with Gasteiger partial charge in [0.05, 0.1) is 62.5 Å². The van der Waals surface area contributed by atoms with Gasteiger partial charge in [0.2, 0.25) is 0 Å². The zero-order valence-corrected chi connectivity index (χ0v) is 31.3. The van der Waals surface area contributed by atoms with E-state index in [1.807, 2.05) is 0 Å². The van der Waals surface area contributed by atoms with Crippen molar-refractivity contribution in [3.63, 3.8) is 0 Å². The summed E-state index contributed by atoms with van der Waals surface area (Å²) in [5.41, 5.74) is 0. The van der Waals surface area contributed by atoms with Crippen LogP contribution in [-0.2, 0) is 10.1 Å². The number of hydrogen-bond acceptors (Lipinski definition) is 3. The van der Waals surface area contributed by atoms with Crippen molar-refractivity contribution in [2.45, 2.75) is 158 Å². The fourth-order valence-electron chi connectivity index (χ4n) is 5.29. The molecule has 0 radical (unpaired) electrons. The fraction of sp³-hybridized carbons (Fsp3) is 1.00. The molecular formula is C33H75BrN2O3S. The van der Waals surface area contributed by atoms with E-state index in [0.717, 1.165) is 0 Å². The first-order chi connectivity index (χ1) is 18.5. The average molecular weight is 660 g/mol. The fourth-order valence-corrected chi connectivity index (χ4v) is 5.29. The van der Waals surface area contributed by atoms with E-state index in [2.05, 4.69) is 55.4 Å². The van der Waals surface area contributed by atoms with Gasteiger partial charge < -0.3 is 30.5 Å². The summed E-state index contributed by atoms with van der Waals surface area (Å²) in [6.07, 6.45) is 22.7. The summed E-state index contributed by atoms with van der Waals surface area (Å²) in [6.45, 7) is 30.0. The maximum absolute atomic E-state index is 9.08. The van der Waals surface area contributed by atoms with Gasteiger partial charge in [-0.25, -0.2) is 8.42 Å². The molecule has 0 aromatic heterocycles. The number of quaternary nitrogens is 2. The first-order valence-corrected chi connectivity index (χ1v) is 18.9. The molecule has 0 aliphatic heterocycles. The third-order valence-corrected chi connectivity index (χ3v) is 7.89. The second-order valence-corrected chi connectivity index (χ2v) is 13.4. The van der Waals surface area contributed by atoms with Gasteiger partial charge in [-0.2, -0.15) is 0 Å². The molecule has 0 fully saturated rings. The van der Waals surface area contributed by atoms with Crippen molar-refractivity contribution >= 4 is 10.1 Å². The van der Waals surface area contributed by atoms with E-state index in [1.165, 1.54) is 164 Å². The molecule has 7 heteroatoms. The third kappa shape index (κ3) is 32.8. The maximum Gasteiger partial charge on any atom is 0.0916 e. The lowest BCUT2D eigenvalue weighted by Crippen LogP contribution is -3.00. The van der Waals surface area contributed by atoms with Crippen molar-refractivity contribution in [1.29, 1.82) is 0 Å². The van der Waals surface area contributed by atoms with Crippen LogP contribution in [-0.4, -0.2) is 80.6 Å². The normalized spacial score (nSPS) is 11.7. The van der Waals surface area contributed by atoms with Gasteiger partial charge in [0.1, 0.15) is 0 Å². The van der Waals surface area contributed by atoms with Crippen LogP contribution in [0, 0.1) is 0 Å². The lowest BCUT2D eigenvalue weighted by Gasteiger charge is -2.39. The molecule has 0 atom stereocenters. The molecule has 0 amide bonds. The van der Waals surface area contributed by atoms with Crippen LogP contribution < -0.4 is 17.0 Å². The molecule has 0 saturated heterocycles. The van der Waals surface area contributed by atoms with Crippen molar-refractivity contribution < 1.29 is 38.9 Å². The Bertz CT molecular complexity index is 469. The van der Waals surface area contributed by atoms with Crippen molar-refractivity contribution in [2.24, 2.45) is 0 Å². The summed E-state index contributed by atoms with van der Waals surface area (Å²) in [5.74, 6) is 0. The lowest BCUT2D eigenvalue weighted by molar-refractivity contribution is -0.929. The number of nitrogens with zero attached hydrogens (tertiary/aromatic N) is 2. The van der Waals surface area contributed by atoms with Gasteiger partial charge in [0.25, 0.3) is 0 Å². The molecule has 0 N–H and O–H groups in total. The molecule has 0 aliphatic carbocycles. The number of rotatable bonds is 24. The van der Waals surface area contributed by atoms with Crippen LogP contribution in [0.1, 0.15) is 158 Å². The Morgan fingerprint density at radius 2 is 0.500 bits per heavy atom. The Kier molecular flexibility index (Phi) is 38.1. The summed E-state index contributed by atoms with van der Waals surface area (Å²) in [6, 6.07) is 0. The molecule has 0 unspecified atom stereocenters. The quantitative estimate of drug-likeness (QED) is 0.0920. The number of hydrogen-bond donors (Lipinski definition) is 0. The van der Waals surface area contributed by atoms with Crippen LogP contribution in [0.15, 0.2) is 0 Å². The van der Waals surface area contributed by atoms with E-state index in [-0.39, 0.29) is 17.0 Å². The summed E-state index contributed by atoms with van der Waals surface area (Å²) in [4.78, 5) is 0. The molecule has 0 aromatic rings. The minimum absolute atomic E-state index is 0. The smallest absolute Gasteiger partial charge is 0.0916 e. The predicted molar refractivity (Wildman–Crippen MR) is 174 cm³/mol. The summed E-state index contributed by atoms with van der Waals surface area (Å²) < 4.78 is 30.1. The van der Waals surface area contributed by atoms with E-state index in [0.29, 0.717) is 6.26 Å². The van der Waals surface area contributed by atoms with E-state index in [9.17, 15) is 0 Å². The highest BCUT2D eigenvalue weighted by atomic mass is 79.9. The molecule has 0 saturated carbocycles. The topological polar surface area (TPSA) is 57.2 Å². The molecule has 0 bridgehead atoms. The Morgan fingerprint density at radius 1 is 0.400 bits per heavy atom. The van der Waals surface area contributed by atoms with Gasteiger partial charge >= 0.3 is 0 Å². The van der Waals surface area contributed by atoms with Gasteiger partial charge in [0, 0.05) is 6.26 Å². The minimum Gasteiger partial charge on any atom is -1.00 e. The van der Waals surface area contributed by atoms with Crippen molar-refractivity contribution in [1.82, 2.24) is 0 Å². The zero-order chi connectivity index (χ0) is 30.5. The second-order valence-electron chi connectivity index (χ2n) is 12.0. The molecule has 0 heterocycles. The minimum atomic E-state index is -3.92. The van der Waals surface area contributed by atoms with E-state index in [4.69, 9.17) is 13.0 Å². The van der Waals surface area contributed by atoms with Crippen molar-refractivity contribution in [3.05, 3.63) is 0 Å². The Labute approximate surface area is 265 Å². The molecule has 0 spiro atoms. The Morgan fingerprint density at radius 3 is 0.575 bits per heavy atom. The van der Waals surface area contributed by atoms with Crippen LogP contribution in [0.25, 0.3) is 0 Å². The van der Waals surface area contributed by atoms with Crippen LogP contribution in [0.2, 0.25) is 0 Å². The van der Waals surface area contributed by atoms with Gasteiger partial charge in [-0.05, 0) is 51.4 Å². The maximum atomic E-state index is 9.08. The first kappa shape index (κ1) is 47.2. The summed E-state index contributed by atoms with van der Waals surface area (Å²) in [7, 11) is -3.92. The number of unbranched alkanes of at least 4 members (excludes halogenated alkanes) is 8. The lowest BCUT2D eigenvalue weighted by atomic mass is 10.1.